The van der Waals surface area contributed by atoms with Gasteiger partial charge in [0.2, 0.25) is 0 Å². The first-order valence-electron chi connectivity index (χ1n) is 9.60. The van der Waals surface area contributed by atoms with Gasteiger partial charge in [0.15, 0.2) is 5.96 Å². The number of amides is 1. The first-order chi connectivity index (χ1) is 13.4. The number of guanidine groups is 1. The zero-order chi connectivity index (χ0) is 20.5. The van der Waals surface area contributed by atoms with Crippen molar-refractivity contribution < 1.29 is 4.79 Å². The molecule has 0 unspecified atom stereocenters. The molecule has 6 nitrogen and oxygen atoms in total. The average molecular weight is 529 g/mol. The van der Waals surface area contributed by atoms with Crippen molar-refractivity contribution in [2.75, 3.05) is 34.2 Å². The van der Waals surface area contributed by atoms with E-state index in [0.29, 0.717) is 11.5 Å². The van der Waals surface area contributed by atoms with E-state index in [1.807, 2.05) is 24.3 Å². The number of aromatic nitrogens is 1. The zero-order valence-corrected chi connectivity index (χ0v) is 21.0. The van der Waals surface area contributed by atoms with Gasteiger partial charge in [0.05, 0.1) is 10.7 Å². The summed E-state index contributed by atoms with van der Waals surface area (Å²) in [7, 11) is 5.30. The molecule has 0 saturated heterocycles. The third-order valence-electron chi connectivity index (χ3n) is 4.25. The van der Waals surface area contributed by atoms with Gasteiger partial charge in [0, 0.05) is 57.5 Å². The van der Waals surface area contributed by atoms with Gasteiger partial charge in [-0.2, -0.15) is 0 Å². The maximum Gasteiger partial charge on any atom is 0.253 e. The van der Waals surface area contributed by atoms with Gasteiger partial charge in [-0.25, -0.2) is 4.98 Å². The van der Waals surface area contributed by atoms with Crippen LogP contribution in [0.4, 0.5) is 0 Å². The topological polar surface area (TPSA) is 69.6 Å². The fraction of sp³-hybridized carbons (Fsp3) is 0.476. The predicted octanol–water partition coefficient (Wildman–Crippen LogP) is 3.54. The first-order valence-corrected chi connectivity index (χ1v) is 10.5. The molecular formula is C21H32IN5OS. The fourth-order valence-corrected chi connectivity index (χ4v) is 3.54. The third-order valence-corrected chi connectivity index (χ3v) is 5.44. The number of aliphatic imine (C=N–C) groups is 1. The molecule has 29 heavy (non-hydrogen) atoms. The molecule has 1 amide bonds. The Morgan fingerprint density at radius 3 is 2.48 bits per heavy atom. The molecule has 0 aliphatic rings. The van der Waals surface area contributed by atoms with Crippen LogP contribution < -0.4 is 10.6 Å². The van der Waals surface area contributed by atoms with Gasteiger partial charge in [-0.15, -0.1) is 35.3 Å². The maximum absolute atomic E-state index is 12.1. The number of hydrogen-bond acceptors (Lipinski definition) is 4. The average Bonchev–Trinajstić information content (AvgIpc) is 3.15. The van der Waals surface area contributed by atoms with Gasteiger partial charge in [-0.3, -0.25) is 9.79 Å². The van der Waals surface area contributed by atoms with Crippen LogP contribution in [0, 0.1) is 0 Å². The molecule has 0 radical (unpaired) electrons. The summed E-state index contributed by atoms with van der Waals surface area (Å²) in [5.74, 6) is 1.28. The van der Waals surface area contributed by atoms with E-state index in [1.165, 1.54) is 5.01 Å². The van der Waals surface area contributed by atoms with Crippen LogP contribution >= 0.6 is 35.3 Å². The Morgan fingerprint density at radius 1 is 1.21 bits per heavy atom. The standard InChI is InChI=1S/C21H31N5OS.HI/c1-15(2)19-25-18(14-28-19)10-12-24-21(22-3)23-11-9-16-7-6-8-17(13-16)20(27)26(4)5;/h6-8,13-15H,9-12H2,1-5H3,(H2,22,23,24);1H. The van der Waals surface area contributed by atoms with Crippen LogP contribution in [0.15, 0.2) is 34.6 Å². The molecule has 2 rings (SSSR count). The van der Waals surface area contributed by atoms with E-state index in [0.717, 1.165) is 43.1 Å². The van der Waals surface area contributed by atoms with Crippen LogP contribution in [0.2, 0.25) is 0 Å². The molecule has 0 bridgehead atoms. The number of halogens is 1. The third kappa shape index (κ3) is 8.30. The summed E-state index contributed by atoms with van der Waals surface area (Å²) in [6.07, 6.45) is 1.69. The van der Waals surface area contributed by atoms with E-state index < -0.39 is 0 Å². The van der Waals surface area contributed by atoms with Gasteiger partial charge in [-0.1, -0.05) is 26.0 Å². The minimum absolute atomic E-state index is 0. The van der Waals surface area contributed by atoms with Crippen LogP contribution in [0.1, 0.15) is 46.4 Å². The molecule has 0 saturated carbocycles. The molecule has 0 spiro atoms. The van der Waals surface area contributed by atoms with Crippen LogP contribution in [0.5, 0.6) is 0 Å². The SMILES string of the molecule is CN=C(NCCc1cccc(C(=O)N(C)C)c1)NCCc1csc(C(C)C)n1.I. The number of carbonyl (C=O) groups excluding carboxylic acids is 1. The highest BCUT2D eigenvalue weighted by Crippen LogP contribution is 2.19. The highest BCUT2D eigenvalue weighted by Gasteiger charge is 2.08. The molecule has 1 aromatic carbocycles. The normalized spacial score (nSPS) is 11.2. The van der Waals surface area contributed by atoms with Crippen LogP contribution in [0.3, 0.4) is 0 Å². The van der Waals surface area contributed by atoms with Gasteiger partial charge in [0.25, 0.3) is 5.91 Å². The van der Waals surface area contributed by atoms with E-state index in [2.05, 4.69) is 39.8 Å². The van der Waals surface area contributed by atoms with Crippen molar-refractivity contribution in [2.24, 2.45) is 4.99 Å². The highest BCUT2D eigenvalue weighted by molar-refractivity contribution is 14.0. The van der Waals surface area contributed by atoms with Crippen molar-refractivity contribution in [3.8, 4) is 0 Å². The van der Waals surface area contributed by atoms with E-state index in [-0.39, 0.29) is 29.9 Å². The fourth-order valence-electron chi connectivity index (χ4n) is 2.68. The Labute approximate surface area is 195 Å². The molecule has 0 atom stereocenters. The van der Waals surface area contributed by atoms with Crippen molar-refractivity contribution in [3.63, 3.8) is 0 Å². The number of benzene rings is 1. The summed E-state index contributed by atoms with van der Waals surface area (Å²) in [5.41, 5.74) is 2.97. The summed E-state index contributed by atoms with van der Waals surface area (Å²) in [6.45, 7) is 5.86. The Morgan fingerprint density at radius 2 is 1.90 bits per heavy atom. The quantitative estimate of drug-likeness (QED) is 0.312. The lowest BCUT2D eigenvalue weighted by molar-refractivity contribution is 0.0827. The first kappa shape index (κ1) is 25.4. The lowest BCUT2D eigenvalue weighted by Gasteiger charge is -2.13. The van der Waals surface area contributed by atoms with Crippen LogP contribution in [-0.4, -0.2) is 56.0 Å². The van der Waals surface area contributed by atoms with Crippen molar-refractivity contribution in [1.82, 2.24) is 20.5 Å². The largest absolute Gasteiger partial charge is 0.356 e. The van der Waals surface area contributed by atoms with Crippen molar-refractivity contribution in [3.05, 3.63) is 51.5 Å². The molecular weight excluding hydrogens is 497 g/mol. The number of nitrogens with one attached hydrogen (secondary N) is 2. The smallest absolute Gasteiger partial charge is 0.253 e. The zero-order valence-electron chi connectivity index (χ0n) is 17.9. The summed E-state index contributed by atoms with van der Waals surface area (Å²) in [4.78, 5) is 22.6. The summed E-state index contributed by atoms with van der Waals surface area (Å²) in [6, 6.07) is 7.77. The Hall–Kier alpha value is -1.68. The second-order valence-electron chi connectivity index (χ2n) is 7.16. The van der Waals surface area contributed by atoms with E-state index in [1.54, 1.807) is 37.4 Å². The van der Waals surface area contributed by atoms with Crippen molar-refractivity contribution >= 4 is 47.2 Å². The molecule has 1 aromatic heterocycles. The lowest BCUT2D eigenvalue weighted by Crippen LogP contribution is -2.39. The molecule has 160 valence electrons. The minimum Gasteiger partial charge on any atom is -0.356 e. The maximum atomic E-state index is 12.1. The number of hydrogen-bond donors (Lipinski definition) is 2. The van der Waals surface area contributed by atoms with Gasteiger partial charge in [-0.05, 0) is 24.1 Å². The Kier molecular flexibility index (Phi) is 11.2. The summed E-state index contributed by atoms with van der Waals surface area (Å²) >= 11 is 1.73. The van der Waals surface area contributed by atoms with Gasteiger partial charge in [0.1, 0.15) is 0 Å². The second kappa shape index (κ2) is 12.8. The van der Waals surface area contributed by atoms with Crippen molar-refractivity contribution in [1.29, 1.82) is 0 Å². The van der Waals surface area contributed by atoms with Gasteiger partial charge >= 0.3 is 0 Å². The van der Waals surface area contributed by atoms with Crippen molar-refractivity contribution in [2.45, 2.75) is 32.6 Å². The molecule has 0 aliphatic carbocycles. The second-order valence-corrected chi connectivity index (χ2v) is 8.05. The van der Waals surface area contributed by atoms with E-state index >= 15 is 0 Å². The summed E-state index contributed by atoms with van der Waals surface area (Å²) in [5, 5.41) is 9.98. The highest BCUT2D eigenvalue weighted by atomic mass is 127. The number of nitrogens with zero attached hydrogens (tertiary/aromatic N) is 3. The minimum atomic E-state index is 0. The van der Waals surface area contributed by atoms with Crippen LogP contribution in [-0.2, 0) is 12.8 Å². The number of carbonyl (C=O) groups is 1. The molecule has 0 aliphatic heterocycles. The van der Waals surface area contributed by atoms with E-state index in [4.69, 9.17) is 0 Å². The molecule has 1 heterocycles. The monoisotopic (exact) mass is 529 g/mol. The summed E-state index contributed by atoms with van der Waals surface area (Å²) < 4.78 is 0. The van der Waals surface area contributed by atoms with Gasteiger partial charge < -0.3 is 15.5 Å². The molecule has 0 fully saturated rings. The molecule has 2 N–H and O–H groups in total. The number of rotatable bonds is 8. The molecule has 8 heteroatoms. The Balaban J connectivity index is 0.00000420. The van der Waals surface area contributed by atoms with Crippen LogP contribution in [0.25, 0.3) is 0 Å². The van der Waals surface area contributed by atoms with E-state index in [9.17, 15) is 4.79 Å². The number of thiazole rings is 1. The Bertz CT molecular complexity index is 804. The molecule has 2 aromatic rings. The predicted molar refractivity (Wildman–Crippen MR) is 133 cm³/mol. The lowest BCUT2D eigenvalue weighted by atomic mass is 10.1.